The second kappa shape index (κ2) is 6.43. The highest BCUT2D eigenvalue weighted by Gasteiger charge is 2.21. The maximum atomic E-state index is 5.53. The van der Waals surface area contributed by atoms with Crippen molar-refractivity contribution in [2.24, 2.45) is 0 Å². The van der Waals surface area contributed by atoms with Crippen LogP contribution in [0.2, 0.25) is 0 Å². The van der Waals surface area contributed by atoms with Gasteiger partial charge < -0.3 is 10.1 Å². The summed E-state index contributed by atoms with van der Waals surface area (Å²) in [5.41, 5.74) is 1.46. The van der Waals surface area contributed by atoms with Crippen LogP contribution >= 0.6 is 11.8 Å². The fourth-order valence-electron chi connectivity index (χ4n) is 2.00. The first-order chi connectivity index (χ1) is 8.27. The minimum atomic E-state index is 0.345. The zero-order chi connectivity index (χ0) is 12.1. The van der Waals surface area contributed by atoms with Gasteiger partial charge in [-0.15, -0.1) is 11.8 Å². The Bertz CT molecular complexity index is 354. The molecule has 2 rings (SSSR count). The lowest BCUT2D eigenvalue weighted by atomic mass is 10.1. The van der Waals surface area contributed by atoms with Crippen molar-refractivity contribution in [1.82, 2.24) is 5.32 Å². The zero-order valence-electron chi connectivity index (χ0n) is 10.6. The zero-order valence-corrected chi connectivity index (χ0v) is 11.4. The predicted octanol–water partition coefficient (Wildman–Crippen LogP) is 3.24. The van der Waals surface area contributed by atoms with Crippen LogP contribution in [0, 0.1) is 0 Å². The van der Waals surface area contributed by atoms with E-state index in [1.54, 1.807) is 0 Å². The first kappa shape index (κ1) is 12.9. The van der Waals surface area contributed by atoms with Gasteiger partial charge in [-0.2, -0.15) is 0 Å². The molecule has 1 aliphatic rings. The third-order valence-corrected chi connectivity index (χ3v) is 4.05. The molecule has 1 unspecified atom stereocenters. The highest BCUT2D eigenvalue weighted by molar-refractivity contribution is 7.99. The second-order valence-corrected chi connectivity index (χ2v) is 5.69. The second-order valence-electron chi connectivity index (χ2n) is 4.63. The van der Waals surface area contributed by atoms with Gasteiger partial charge >= 0.3 is 0 Å². The van der Waals surface area contributed by atoms with Gasteiger partial charge in [0.1, 0.15) is 0 Å². The van der Waals surface area contributed by atoms with Crippen molar-refractivity contribution in [1.29, 1.82) is 0 Å². The largest absolute Gasteiger partial charge is 0.379 e. The summed E-state index contributed by atoms with van der Waals surface area (Å²) in [6.45, 7) is 6.05. The molecule has 0 saturated heterocycles. The van der Waals surface area contributed by atoms with E-state index >= 15 is 0 Å². The van der Waals surface area contributed by atoms with Crippen molar-refractivity contribution in [2.75, 3.05) is 18.9 Å². The molecule has 0 aromatic heterocycles. The Morgan fingerprint density at radius 2 is 2.24 bits per heavy atom. The average Bonchev–Trinajstić information content (AvgIpc) is 2.72. The number of nitrogens with one attached hydrogen (secondary N) is 1. The van der Waals surface area contributed by atoms with E-state index < -0.39 is 0 Å². The monoisotopic (exact) mass is 251 g/mol. The molecule has 0 spiro atoms. The quantitative estimate of drug-likeness (QED) is 0.784. The van der Waals surface area contributed by atoms with Crippen LogP contribution in [0.4, 0.5) is 0 Å². The van der Waals surface area contributed by atoms with E-state index in [4.69, 9.17) is 4.74 Å². The molecule has 94 valence electrons. The van der Waals surface area contributed by atoms with Crippen LogP contribution in [0.1, 0.15) is 31.9 Å². The summed E-state index contributed by atoms with van der Waals surface area (Å²) in [5.74, 6) is 1.16. The van der Waals surface area contributed by atoms with E-state index in [2.05, 4.69) is 43.4 Å². The minimum absolute atomic E-state index is 0.345. The van der Waals surface area contributed by atoms with Gasteiger partial charge in [-0.05, 0) is 38.4 Å². The maximum absolute atomic E-state index is 5.53. The van der Waals surface area contributed by atoms with Gasteiger partial charge in [-0.3, -0.25) is 0 Å². The smallest absolute Gasteiger partial charge is 0.0518 e. The molecule has 1 atom stereocenters. The van der Waals surface area contributed by atoms with Crippen LogP contribution in [-0.4, -0.2) is 25.0 Å². The summed E-state index contributed by atoms with van der Waals surface area (Å²) in [7, 11) is 0. The van der Waals surface area contributed by atoms with Gasteiger partial charge in [0.2, 0.25) is 0 Å². The Morgan fingerprint density at radius 3 is 3.06 bits per heavy atom. The van der Waals surface area contributed by atoms with Crippen molar-refractivity contribution >= 4 is 11.8 Å². The normalized spacial score (nSPS) is 18.6. The summed E-state index contributed by atoms with van der Waals surface area (Å²) in [4.78, 5) is 1.43. The standard InChI is InChI=1S/C14H21NOS/c1-11(2)16-9-5-8-15-13-10-17-14-7-4-3-6-12(13)14/h3-4,6-7,11,13,15H,5,8-10H2,1-2H3. The summed E-state index contributed by atoms with van der Waals surface area (Å²) >= 11 is 1.95. The number of ether oxygens (including phenoxy) is 1. The Labute approximate surface area is 108 Å². The fraction of sp³-hybridized carbons (Fsp3) is 0.571. The van der Waals surface area contributed by atoms with Crippen molar-refractivity contribution in [2.45, 2.75) is 37.3 Å². The third kappa shape index (κ3) is 3.73. The molecule has 0 aliphatic carbocycles. The van der Waals surface area contributed by atoms with E-state index in [-0.39, 0.29) is 0 Å². The topological polar surface area (TPSA) is 21.3 Å². The van der Waals surface area contributed by atoms with Gasteiger partial charge in [0, 0.05) is 23.3 Å². The van der Waals surface area contributed by atoms with Crippen LogP contribution in [0.3, 0.4) is 0 Å². The molecule has 0 amide bonds. The molecule has 0 saturated carbocycles. The first-order valence-electron chi connectivity index (χ1n) is 6.34. The molecule has 0 radical (unpaired) electrons. The summed E-state index contributed by atoms with van der Waals surface area (Å²) in [6, 6.07) is 9.21. The third-order valence-electron chi connectivity index (χ3n) is 2.86. The Balaban J connectivity index is 1.71. The maximum Gasteiger partial charge on any atom is 0.0518 e. The Kier molecular flexibility index (Phi) is 4.89. The molecule has 0 bridgehead atoms. The lowest BCUT2D eigenvalue weighted by Crippen LogP contribution is -2.23. The molecule has 1 heterocycles. The SMILES string of the molecule is CC(C)OCCCNC1CSc2ccccc21. The van der Waals surface area contributed by atoms with Crippen LogP contribution in [0.5, 0.6) is 0 Å². The fourth-order valence-corrected chi connectivity index (χ4v) is 3.19. The molecule has 1 aliphatic heterocycles. The van der Waals surface area contributed by atoms with E-state index in [0.717, 1.165) is 25.3 Å². The van der Waals surface area contributed by atoms with E-state index in [1.807, 2.05) is 11.8 Å². The molecule has 0 fully saturated rings. The van der Waals surface area contributed by atoms with Crippen molar-refractivity contribution < 1.29 is 4.74 Å². The van der Waals surface area contributed by atoms with Gasteiger partial charge in [-0.1, -0.05) is 18.2 Å². The van der Waals surface area contributed by atoms with E-state index in [0.29, 0.717) is 12.1 Å². The van der Waals surface area contributed by atoms with Gasteiger partial charge in [0.15, 0.2) is 0 Å². The number of fused-ring (bicyclic) bond motifs is 1. The van der Waals surface area contributed by atoms with Crippen LogP contribution in [-0.2, 0) is 4.74 Å². The van der Waals surface area contributed by atoms with Gasteiger partial charge in [0.05, 0.1) is 6.10 Å². The van der Waals surface area contributed by atoms with Crippen molar-refractivity contribution in [3.8, 4) is 0 Å². The Morgan fingerprint density at radius 1 is 1.41 bits per heavy atom. The molecule has 1 N–H and O–H groups in total. The average molecular weight is 251 g/mol. The molecular weight excluding hydrogens is 230 g/mol. The van der Waals surface area contributed by atoms with Gasteiger partial charge in [0.25, 0.3) is 0 Å². The van der Waals surface area contributed by atoms with Crippen LogP contribution < -0.4 is 5.32 Å². The molecule has 3 heteroatoms. The van der Waals surface area contributed by atoms with Gasteiger partial charge in [-0.25, -0.2) is 0 Å². The predicted molar refractivity (Wildman–Crippen MR) is 73.6 cm³/mol. The number of thioether (sulfide) groups is 1. The van der Waals surface area contributed by atoms with Crippen LogP contribution in [0.25, 0.3) is 0 Å². The van der Waals surface area contributed by atoms with E-state index in [9.17, 15) is 0 Å². The lowest BCUT2D eigenvalue weighted by molar-refractivity contribution is 0.0768. The molecular formula is C14H21NOS. The van der Waals surface area contributed by atoms with E-state index in [1.165, 1.54) is 10.5 Å². The molecule has 17 heavy (non-hydrogen) atoms. The number of benzene rings is 1. The first-order valence-corrected chi connectivity index (χ1v) is 7.32. The molecule has 2 nitrogen and oxygen atoms in total. The summed E-state index contributed by atoms with van der Waals surface area (Å²) in [5, 5.41) is 3.61. The highest BCUT2D eigenvalue weighted by atomic mass is 32.2. The summed E-state index contributed by atoms with van der Waals surface area (Å²) in [6.07, 6.45) is 1.43. The molecule has 1 aromatic rings. The highest BCUT2D eigenvalue weighted by Crippen LogP contribution is 2.37. The van der Waals surface area contributed by atoms with Crippen LogP contribution in [0.15, 0.2) is 29.2 Å². The molecule has 1 aromatic carbocycles. The number of hydrogen-bond acceptors (Lipinski definition) is 3. The minimum Gasteiger partial charge on any atom is -0.379 e. The number of rotatable bonds is 6. The van der Waals surface area contributed by atoms with Crippen molar-refractivity contribution in [3.05, 3.63) is 29.8 Å². The van der Waals surface area contributed by atoms with Crippen molar-refractivity contribution in [3.63, 3.8) is 0 Å². The summed E-state index contributed by atoms with van der Waals surface area (Å²) < 4.78 is 5.53. The number of hydrogen-bond donors (Lipinski definition) is 1. The Hall–Kier alpha value is -0.510. The lowest BCUT2D eigenvalue weighted by Gasteiger charge is -2.13.